The zero-order valence-electron chi connectivity index (χ0n) is 16.7. The standard InChI is InChI=1S/C24H17F3N2O2/c1-13-6-8-18(14(2)10-13)21-22(28-16-5-3-4-15(25)11-16)24(31)29(23(21)30)17-7-9-19(26)20(27)12-17/h3-12,28H,1-2H3. The Balaban J connectivity index is 1.87. The number of halogens is 3. The number of carbonyl (C=O) groups is 2. The lowest BCUT2D eigenvalue weighted by Gasteiger charge is -2.16. The minimum atomic E-state index is -1.18. The predicted molar refractivity (Wildman–Crippen MR) is 112 cm³/mol. The molecule has 0 fully saturated rings. The number of carbonyl (C=O) groups excluding carboxylic acids is 2. The van der Waals surface area contributed by atoms with E-state index in [-0.39, 0.29) is 22.6 Å². The van der Waals surface area contributed by atoms with Gasteiger partial charge in [0.15, 0.2) is 11.6 Å². The third kappa shape index (κ3) is 3.70. The topological polar surface area (TPSA) is 49.4 Å². The van der Waals surface area contributed by atoms with Crippen LogP contribution in [0.5, 0.6) is 0 Å². The van der Waals surface area contributed by atoms with E-state index >= 15 is 0 Å². The Morgan fingerprint density at radius 2 is 1.58 bits per heavy atom. The number of nitrogens with zero attached hydrogens (tertiary/aromatic N) is 1. The normalized spacial score (nSPS) is 13.9. The molecule has 2 amide bonds. The molecule has 1 aliphatic heterocycles. The Bertz CT molecular complexity index is 1270. The van der Waals surface area contributed by atoms with Crippen molar-refractivity contribution >= 4 is 28.8 Å². The summed E-state index contributed by atoms with van der Waals surface area (Å²) >= 11 is 0. The summed E-state index contributed by atoms with van der Waals surface area (Å²) in [5.74, 6) is -4.24. The van der Waals surface area contributed by atoms with E-state index in [0.717, 1.165) is 34.2 Å². The lowest BCUT2D eigenvalue weighted by atomic mass is 9.97. The number of anilines is 2. The highest BCUT2D eigenvalue weighted by molar-refractivity contribution is 6.46. The minimum Gasteiger partial charge on any atom is -0.350 e. The molecule has 0 aliphatic carbocycles. The SMILES string of the molecule is Cc1ccc(C2=C(Nc3cccc(F)c3)C(=O)N(c3ccc(F)c(F)c3)C2=O)c(C)c1. The van der Waals surface area contributed by atoms with Gasteiger partial charge in [-0.05, 0) is 55.3 Å². The molecule has 156 valence electrons. The zero-order valence-corrected chi connectivity index (χ0v) is 16.7. The van der Waals surface area contributed by atoms with Crippen LogP contribution in [-0.4, -0.2) is 11.8 Å². The Hall–Kier alpha value is -3.87. The maximum absolute atomic E-state index is 13.8. The first-order valence-corrected chi connectivity index (χ1v) is 9.44. The van der Waals surface area contributed by atoms with Crippen LogP contribution in [0.1, 0.15) is 16.7 Å². The monoisotopic (exact) mass is 422 g/mol. The molecule has 0 bridgehead atoms. The number of benzene rings is 3. The van der Waals surface area contributed by atoms with Gasteiger partial charge in [0.05, 0.1) is 11.3 Å². The molecule has 1 heterocycles. The highest BCUT2D eigenvalue weighted by Gasteiger charge is 2.41. The van der Waals surface area contributed by atoms with Gasteiger partial charge >= 0.3 is 0 Å². The van der Waals surface area contributed by atoms with Gasteiger partial charge in [0.25, 0.3) is 11.8 Å². The third-order valence-electron chi connectivity index (χ3n) is 4.99. The van der Waals surface area contributed by atoms with Gasteiger partial charge in [-0.2, -0.15) is 0 Å². The summed E-state index contributed by atoms with van der Waals surface area (Å²) < 4.78 is 40.9. The van der Waals surface area contributed by atoms with Crippen molar-refractivity contribution in [3.8, 4) is 0 Å². The average molecular weight is 422 g/mol. The lowest BCUT2D eigenvalue weighted by Crippen LogP contribution is -2.32. The first kappa shape index (κ1) is 20.4. The van der Waals surface area contributed by atoms with Crippen molar-refractivity contribution in [2.24, 2.45) is 0 Å². The lowest BCUT2D eigenvalue weighted by molar-refractivity contribution is -0.120. The van der Waals surface area contributed by atoms with Crippen molar-refractivity contribution in [2.75, 3.05) is 10.2 Å². The second kappa shape index (κ2) is 7.75. The smallest absolute Gasteiger partial charge is 0.282 e. The van der Waals surface area contributed by atoms with Gasteiger partial charge in [-0.1, -0.05) is 29.8 Å². The van der Waals surface area contributed by atoms with Gasteiger partial charge in [0, 0.05) is 11.8 Å². The van der Waals surface area contributed by atoms with Crippen molar-refractivity contribution in [1.29, 1.82) is 0 Å². The number of aryl methyl sites for hydroxylation is 2. The maximum atomic E-state index is 13.8. The van der Waals surface area contributed by atoms with E-state index in [1.54, 1.807) is 25.1 Å². The van der Waals surface area contributed by atoms with Crippen LogP contribution < -0.4 is 10.2 Å². The molecular formula is C24H17F3N2O2. The molecule has 0 aromatic heterocycles. The Kier molecular flexibility index (Phi) is 5.10. The molecule has 0 radical (unpaired) electrons. The van der Waals surface area contributed by atoms with Crippen molar-refractivity contribution in [1.82, 2.24) is 0 Å². The quantitative estimate of drug-likeness (QED) is 0.594. The molecule has 3 aromatic carbocycles. The van der Waals surface area contributed by atoms with E-state index in [9.17, 15) is 22.8 Å². The summed E-state index contributed by atoms with van der Waals surface area (Å²) in [5.41, 5.74) is 2.38. The van der Waals surface area contributed by atoms with Crippen molar-refractivity contribution in [3.63, 3.8) is 0 Å². The van der Waals surface area contributed by atoms with E-state index in [1.165, 1.54) is 18.2 Å². The highest BCUT2D eigenvalue weighted by atomic mass is 19.2. The van der Waals surface area contributed by atoms with Gasteiger partial charge in [0.2, 0.25) is 0 Å². The molecule has 7 heteroatoms. The highest BCUT2D eigenvalue weighted by Crippen LogP contribution is 2.35. The molecule has 4 nitrogen and oxygen atoms in total. The van der Waals surface area contributed by atoms with Crippen LogP contribution in [0.25, 0.3) is 5.57 Å². The fraction of sp³-hybridized carbons (Fsp3) is 0.0833. The van der Waals surface area contributed by atoms with Crippen LogP contribution in [0, 0.1) is 31.3 Å². The first-order valence-electron chi connectivity index (χ1n) is 9.44. The van der Waals surface area contributed by atoms with Crippen LogP contribution in [0.3, 0.4) is 0 Å². The van der Waals surface area contributed by atoms with Crippen molar-refractivity contribution in [3.05, 3.63) is 101 Å². The molecule has 1 N–H and O–H groups in total. The Morgan fingerprint density at radius 3 is 2.26 bits per heavy atom. The van der Waals surface area contributed by atoms with Gasteiger partial charge in [-0.25, -0.2) is 18.1 Å². The molecule has 3 aromatic rings. The maximum Gasteiger partial charge on any atom is 0.282 e. The van der Waals surface area contributed by atoms with E-state index in [1.807, 2.05) is 13.0 Å². The fourth-order valence-electron chi connectivity index (χ4n) is 3.56. The second-order valence-electron chi connectivity index (χ2n) is 7.25. The molecular weight excluding hydrogens is 405 g/mol. The van der Waals surface area contributed by atoms with E-state index in [0.29, 0.717) is 5.56 Å². The number of hydrogen-bond donors (Lipinski definition) is 1. The van der Waals surface area contributed by atoms with Crippen LogP contribution in [-0.2, 0) is 9.59 Å². The number of imide groups is 1. The zero-order chi connectivity index (χ0) is 22.3. The fourth-order valence-corrected chi connectivity index (χ4v) is 3.56. The van der Waals surface area contributed by atoms with Gasteiger partial charge < -0.3 is 5.32 Å². The Morgan fingerprint density at radius 1 is 0.806 bits per heavy atom. The van der Waals surface area contributed by atoms with E-state index < -0.39 is 29.3 Å². The molecule has 0 spiro atoms. The van der Waals surface area contributed by atoms with Crippen LogP contribution >= 0.6 is 0 Å². The van der Waals surface area contributed by atoms with Crippen molar-refractivity contribution < 1.29 is 22.8 Å². The number of hydrogen-bond acceptors (Lipinski definition) is 3. The molecule has 31 heavy (non-hydrogen) atoms. The van der Waals surface area contributed by atoms with E-state index in [4.69, 9.17) is 0 Å². The number of rotatable bonds is 4. The average Bonchev–Trinajstić information content (AvgIpc) is 2.94. The van der Waals surface area contributed by atoms with Crippen LogP contribution in [0.15, 0.2) is 66.4 Å². The van der Waals surface area contributed by atoms with Crippen LogP contribution in [0.2, 0.25) is 0 Å². The predicted octanol–water partition coefficient (Wildman–Crippen LogP) is 5.12. The second-order valence-corrected chi connectivity index (χ2v) is 7.25. The largest absolute Gasteiger partial charge is 0.350 e. The van der Waals surface area contributed by atoms with Crippen molar-refractivity contribution in [2.45, 2.75) is 13.8 Å². The van der Waals surface area contributed by atoms with Crippen LogP contribution in [0.4, 0.5) is 24.5 Å². The summed E-state index contributed by atoms with van der Waals surface area (Å²) in [6.45, 7) is 3.69. The number of nitrogens with one attached hydrogen (secondary N) is 1. The molecule has 0 unspecified atom stereocenters. The molecule has 0 atom stereocenters. The third-order valence-corrected chi connectivity index (χ3v) is 4.99. The summed E-state index contributed by atoms with van der Waals surface area (Å²) in [6.07, 6.45) is 0. The summed E-state index contributed by atoms with van der Waals surface area (Å²) in [4.78, 5) is 27.3. The molecule has 0 saturated heterocycles. The van der Waals surface area contributed by atoms with Gasteiger partial charge in [-0.3, -0.25) is 9.59 Å². The van der Waals surface area contributed by atoms with E-state index in [2.05, 4.69) is 5.32 Å². The number of amides is 2. The molecule has 4 rings (SSSR count). The molecule has 0 saturated carbocycles. The molecule has 1 aliphatic rings. The Labute approximate surface area is 176 Å². The van der Waals surface area contributed by atoms with Gasteiger partial charge in [-0.15, -0.1) is 0 Å². The summed E-state index contributed by atoms with van der Waals surface area (Å²) in [7, 11) is 0. The summed E-state index contributed by atoms with van der Waals surface area (Å²) in [6, 6.07) is 13.6. The summed E-state index contributed by atoms with van der Waals surface area (Å²) in [5, 5.41) is 2.84. The minimum absolute atomic E-state index is 0.0662. The van der Waals surface area contributed by atoms with Gasteiger partial charge in [0.1, 0.15) is 11.5 Å². The first-order chi connectivity index (χ1) is 14.8.